The summed E-state index contributed by atoms with van der Waals surface area (Å²) in [6.45, 7) is 1.07. The van der Waals surface area contributed by atoms with E-state index in [0.29, 0.717) is 24.5 Å². The van der Waals surface area contributed by atoms with Crippen molar-refractivity contribution in [1.29, 1.82) is 0 Å². The van der Waals surface area contributed by atoms with E-state index in [0.717, 1.165) is 5.39 Å². The minimum Gasteiger partial charge on any atom is -0.475 e. The van der Waals surface area contributed by atoms with Crippen LogP contribution in [0.5, 0.6) is 0 Å². The average molecular weight is 247 g/mol. The maximum Gasteiger partial charge on any atom is 0.374 e. The maximum absolute atomic E-state index is 10.9. The number of nitrogens with one attached hydrogen (secondary N) is 1. The third kappa shape index (κ3) is 2.54. The number of carbonyl (C=O) groups is 1. The molecule has 0 bridgehead atoms. The molecule has 94 valence electrons. The number of benzene rings is 1. The molecule has 0 aliphatic heterocycles. The Balaban J connectivity index is 2.43. The van der Waals surface area contributed by atoms with E-state index in [4.69, 9.17) is 9.84 Å². The lowest BCUT2D eigenvalue weighted by molar-refractivity contribution is 0.0684. The van der Waals surface area contributed by atoms with Gasteiger partial charge < -0.3 is 15.2 Å². The maximum atomic E-state index is 10.9. The Morgan fingerprint density at radius 1 is 1.39 bits per heavy atom. The van der Waals surface area contributed by atoms with Gasteiger partial charge in [0.05, 0.1) is 12.1 Å². The van der Waals surface area contributed by atoms with Crippen LogP contribution in [0.15, 0.2) is 24.3 Å². The van der Waals surface area contributed by atoms with Crippen LogP contribution in [0, 0.1) is 0 Å². The van der Waals surface area contributed by atoms with Crippen molar-refractivity contribution in [1.82, 2.24) is 9.97 Å². The van der Waals surface area contributed by atoms with Gasteiger partial charge in [0, 0.05) is 19.0 Å². The molecular weight excluding hydrogens is 234 g/mol. The molecule has 18 heavy (non-hydrogen) atoms. The van der Waals surface area contributed by atoms with Crippen LogP contribution in [-0.4, -0.2) is 41.3 Å². The monoisotopic (exact) mass is 247 g/mol. The van der Waals surface area contributed by atoms with E-state index < -0.39 is 5.97 Å². The number of para-hydroxylation sites is 1. The molecule has 0 saturated carbocycles. The van der Waals surface area contributed by atoms with Crippen molar-refractivity contribution in [2.24, 2.45) is 0 Å². The summed E-state index contributed by atoms with van der Waals surface area (Å²) < 4.78 is 4.93. The van der Waals surface area contributed by atoms with Crippen molar-refractivity contribution in [3.05, 3.63) is 30.1 Å². The smallest absolute Gasteiger partial charge is 0.374 e. The zero-order chi connectivity index (χ0) is 13.0. The Morgan fingerprint density at radius 2 is 2.17 bits per heavy atom. The minimum absolute atomic E-state index is 0.214. The van der Waals surface area contributed by atoms with Crippen LogP contribution < -0.4 is 5.32 Å². The van der Waals surface area contributed by atoms with Crippen molar-refractivity contribution in [3.8, 4) is 0 Å². The normalized spacial score (nSPS) is 10.5. The van der Waals surface area contributed by atoms with Crippen molar-refractivity contribution in [3.63, 3.8) is 0 Å². The van der Waals surface area contributed by atoms with Crippen LogP contribution >= 0.6 is 0 Å². The van der Waals surface area contributed by atoms with Gasteiger partial charge in [-0.05, 0) is 12.1 Å². The average Bonchev–Trinajstić information content (AvgIpc) is 2.38. The highest BCUT2D eigenvalue weighted by Gasteiger charge is 2.11. The third-order valence-electron chi connectivity index (χ3n) is 2.39. The fraction of sp³-hybridized carbons (Fsp3) is 0.250. The van der Waals surface area contributed by atoms with E-state index in [1.54, 1.807) is 19.2 Å². The van der Waals surface area contributed by atoms with Crippen molar-refractivity contribution >= 4 is 22.7 Å². The van der Waals surface area contributed by atoms with Gasteiger partial charge in [0.25, 0.3) is 0 Å². The number of hydrogen-bond donors (Lipinski definition) is 2. The van der Waals surface area contributed by atoms with Crippen LogP contribution in [0.25, 0.3) is 10.9 Å². The summed E-state index contributed by atoms with van der Waals surface area (Å²) in [4.78, 5) is 18.9. The molecule has 1 heterocycles. The highest BCUT2D eigenvalue weighted by Crippen LogP contribution is 2.19. The SMILES string of the molecule is COCCNc1nc(C(=O)O)nc2ccccc12. The molecule has 0 aliphatic rings. The number of ether oxygens (including phenoxy) is 1. The fourth-order valence-electron chi connectivity index (χ4n) is 1.58. The van der Waals surface area contributed by atoms with Gasteiger partial charge in [0.15, 0.2) is 0 Å². The molecule has 0 saturated heterocycles. The number of fused-ring (bicyclic) bond motifs is 1. The standard InChI is InChI=1S/C12H13N3O3/c1-18-7-6-13-10-8-4-2-3-5-9(8)14-11(15-10)12(16)17/h2-5H,6-7H2,1H3,(H,16,17)(H,13,14,15). The summed E-state index contributed by atoms with van der Waals surface area (Å²) in [6.07, 6.45) is 0. The van der Waals surface area contributed by atoms with E-state index >= 15 is 0 Å². The van der Waals surface area contributed by atoms with Crippen LogP contribution in [0.2, 0.25) is 0 Å². The molecule has 1 aromatic heterocycles. The molecule has 0 aliphatic carbocycles. The van der Waals surface area contributed by atoms with Crippen LogP contribution in [0.4, 0.5) is 5.82 Å². The van der Waals surface area contributed by atoms with Gasteiger partial charge in [-0.1, -0.05) is 12.1 Å². The highest BCUT2D eigenvalue weighted by atomic mass is 16.5. The lowest BCUT2D eigenvalue weighted by Gasteiger charge is -2.08. The predicted octanol–water partition coefficient (Wildman–Crippen LogP) is 1.39. The second kappa shape index (κ2) is 5.42. The molecule has 6 heteroatoms. The number of carboxylic acid groups (broad SMARTS) is 1. The summed E-state index contributed by atoms with van der Waals surface area (Å²) in [7, 11) is 1.60. The van der Waals surface area contributed by atoms with Crippen molar-refractivity contribution < 1.29 is 14.6 Å². The molecular formula is C12H13N3O3. The van der Waals surface area contributed by atoms with Gasteiger partial charge in [-0.3, -0.25) is 0 Å². The van der Waals surface area contributed by atoms with Crippen LogP contribution in [0.1, 0.15) is 10.6 Å². The molecule has 0 atom stereocenters. The summed E-state index contributed by atoms with van der Waals surface area (Å²) in [5.41, 5.74) is 0.602. The molecule has 2 aromatic rings. The third-order valence-corrected chi connectivity index (χ3v) is 2.39. The molecule has 6 nitrogen and oxygen atoms in total. The van der Waals surface area contributed by atoms with Crippen LogP contribution in [-0.2, 0) is 4.74 Å². The van der Waals surface area contributed by atoms with Crippen molar-refractivity contribution in [2.75, 3.05) is 25.6 Å². The first-order chi connectivity index (χ1) is 8.72. The number of hydrogen-bond acceptors (Lipinski definition) is 5. The lowest BCUT2D eigenvalue weighted by atomic mass is 10.2. The Bertz CT molecular complexity index is 571. The van der Waals surface area contributed by atoms with Gasteiger partial charge in [-0.15, -0.1) is 0 Å². The molecule has 2 rings (SSSR count). The van der Waals surface area contributed by atoms with E-state index in [1.807, 2.05) is 12.1 Å². The number of aromatic carboxylic acids is 1. The summed E-state index contributed by atoms with van der Waals surface area (Å²) in [5.74, 6) is -0.848. The van der Waals surface area contributed by atoms with Crippen molar-refractivity contribution in [2.45, 2.75) is 0 Å². The fourth-order valence-corrected chi connectivity index (χ4v) is 1.58. The van der Waals surface area contributed by atoms with Gasteiger partial charge >= 0.3 is 5.97 Å². The first kappa shape index (κ1) is 12.3. The topological polar surface area (TPSA) is 84.3 Å². The molecule has 0 fully saturated rings. The minimum atomic E-state index is -1.14. The van der Waals surface area contributed by atoms with Gasteiger partial charge in [0.1, 0.15) is 5.82 Å². The molecule has 2 N–H and O–H groups in total. The summed E-state index contributed by atoms with van der Waals surface area (Å²) >= 11 is 0. The second-order valence-corrected chi connectivity index (χ2v) is 3.64. The molecule has 0 amide bonds. The lowest BCUT2D eigenvalue weighted by Crippen LogP contribution is -2.12. The number of carboxylic acids is 1. The first-order valence-corrected chi connectivity index (χ1v) is 5.45. The van der Waals surface area contributed by atoms with Gasteiger partial charge in [0.2, 0.25) is 5.82 Å². The van der Waals surface area contributed by atoms with E-state index in [9.17, 15) is 4.79 Å². The van der Waals surface area contributed by atoms with Crippen LogP contribution in [0.3, 0.4) is 0 Å². The van der Waals surface area contributed by atoms with Gasteiger partial charge in [-0.25, -0.2) is 14.8 Å². The second-order valence-electron chi connectivity index (χ2n) is 3.64. The molecule has 0 spiro atoms. The number of aromatic nitrogens is 2. The highest BCUT2D eigenvalue weighted by molar-refractivity contribution is 5.93. The first-order valence-electron chi connectivity index (χ1n) is 5.45. The zero-order valence-electron chi connectivity index (χ0n) is 9.88. The molecule has 0 radical (unpaired) electrons. The van der Waals surface area contributed by atoms with E-state index in [-0.39, 0.29) is 5.82 Å². The van der Waals surface area contributed by atoms with Gasteiger partial charge in [-0.2, -0.15) is 0 Å². The quantitative estimate of drug-likeness (QED) is 0.777. The summed E-state index contributed by atoms with van der Waals surface area (Å²) in [5, 5.41) is 12.8. The Labute approximate surface area is 104 Å². The Kier molecular flexibility index (Phi) is 3.69. The summed E-state index contributed by atoms with van der Waals surface area (Å²) in [6, 6.07) is 7.26. The Morgan fingerprint density at radius 3 is 2.89 bits per heavy atom. The number of methoxy groups -OCH3 is 1. The number of anilines is 1. The number of rotatable bonds is 5. The van der Waals surface area contributed by atoms with E-state index in [2.05, 4.69) is 15.3 Å². The molecule has 1 aromatic carbocycles. The largest absolute Gasteiger partial charge is 0.475 e. The zero-order valence-corrected chi connectivity index (χ0v) is 9.88. The predicted molar refractivity (Wildman–Crippen MR) is 66.9 cm³/mol. The molecule has 0 unspecified atom stereocenters. The number of nitrogens with zero attached hydrogens (tertiary/aromatic N) is 2. The van der Waals surface area contributed by atoms with E-state index in [1.165, 1.54) is 0 Å². The Hall–Kier alpha value is -2.21.